The molecule has 0 spiro atoms. The smallest absolute Gasteiger partial charge is 0.159 e. The Morgan fingerprint density at radius 3 is 2.69 bits per heavy atom. The van der Waals surface area contributed by atoms with Crippen LogP contribution in [0.5, 0.6) is 0 Å². The second kappa shape index (κ2) is 6.04. The zero-order chi connectivity index (χ0) is 9.84. The van der Waals surface area contributed by atoms with E-state index in [4.69, 9.17) is 4.74 Å². The Hall–Kier alpha value is 1.34. The third kappa shape index (κ3) is 4.59. The van der Waals surface area contributed by atoms with Gasteiger partial charge >= 0.3 is 0 Å². The topological polar surface area (TPSA) is 15.7 Å². The Labute approximate surface area is 107 Å². The minimum absolute atomic E-state index is 0.288. The Morgan fingerprint density at radius 1 is 1.38 bits per heavy atom. The molecule has 1 heterocycles. The van der Waals surface area contributed by atoms with Gasteiger partial charge in [0.05, 0.1) is 6.61 Å². The monoisotopic (exact) mass is 410 g/mol. The SMILES string of the molecule is CN1CCN(C)C(COC(I)I)C1. The highest BCUT2D eigenvalue weighted by Gasteiger charge is 2.22. The number of nitrogens with zero attached hydrogens (tertiary/aromatic N) is 2. The molecule has 5 heteroatoms. The fourth-order valence-electron chi connectivity index (χ4n) is 1.47. The first-order chi connectivity index (χ1) is 6.09. The van der Waals surface area contributed by atoms with Gasteiger partial charge in [-0.25, -0.2) is 0 Å². The summed E-state index contributed by atoms with van der Waals surface area (Å²) in [5, 5.41) is 0. The van der Waals surface area contributed by atoms with Crippen molar-refractivity contribution >= 4 is 45.2 Å². The third-order valence-corrected chi connectivity index (χ3v) is 3.11. The molecule has 0 bridgehead atoms. The van der Waals surface area contributed by atoms with Gasteiger partial charge in [0.1, 0.15) is 0 Å². The van der Waals surface area contributed by atoms with E-state index in [1.807, 2.05) is 0 Å². The predicted octanol–water partition coefficient (Wildman–Crippen LogP) is 1.40. The molecule has 0 aromatic rings. The van der Waals surface area contributed by atoms with Gasteiger partial charge in [0.15, 0.2) is 2.12 Å². The predicted molar refractivity (Wildman–Crippen MR) is 71.7 cm³/mol. The van der Waals surface area contributed by atoms with Crippen molar-refractivity contribution in [2.24, 2.45) is 0 Å². The molecule has 0 amide bonds. The summed E-state index contributed by atoms with van der Waals surface area (Å²) < 4.78 is 5.89. The quantitative estimate of drug-likeness (QED) is 0.517. The van der Waals surface area contributed by atoms with Crippen LogP contribution in [0.15, 0.2) is 0 Å². The highest BCUT2D eigenvalue weighted by atomic mass is 127. The molecule has 13 heavy (non-hydrogen) atoms. The van der Waals surface area contributed by atoms with Gasteiger partial charge in [-0.3, -0.25) is 4.90 Å². The van der Waals surface area contributed by atoms with E-state index in [1.54, 1.807) is 0 Å². The molecule has 1 unspecified atom stereocenters. The maximum atomic E-state index is 5.61. The van der Waals surface area contributed by atoms with E-state index in [0.29, 0.717) is 6.04 Å². The van der Waals surface area contributed by atoms with Crippen molar-refractivity contribution in [3.63, 3.8) is 0 Å². The van der Waals surface area contributed by atoms with Gasteiger partial charge < -0.3 is 9.64 Å². The van der Waals surface area contributed by atoms with E-state index >= 15 is 0 Å². The van der Waals surface area contributed by atoms with Crippen LogP contribution in [0.2, 0.25) is 0 Å². The fourth-order valence-corrected chi connectivity index (χ4v) is 1.88. The number of hydrogen-bond acceptors (Lipinski definition) is 3. The molecule has 1 atom stereocenters. The first-order valence-corrected chi connectivity index (χ1v) is 6.87. The summed E-state index contributed by atoms with van der Waals surface area (Å²) in [5.74, 6) is 0. The number of likely N-dealkylation sites (N-methyl/N-ethyl adjacent to an activating group) is 2. The third-order valence-electron chi connectivity index (χ3n) is 2.39. The van der Waals surface area contributed by atoms with Gasteiger partial charge in [-0.15, -0.1) is 0 Å². The number of rotatable bonds is 3. The molecule has 1 aliphatic heterocycles. The normalized spacial score (nSPS) is 27.0. The summed E-state index contributed by atoms with van der Waals surface area (Å²) in [7, 11) is 4.35. The van der Waals surface area contributed by atoms with Crippen molar-refractivity contribution < 1.29 is 4.74 Å². The summed E-state index contributed by atoms with van der Waals surface area (Å²) in [6.07, 6.45) is 0. The number of piperazine rings is 1. The van der Waals surface area contributed by atoms with E-state index in [2.05, 4.69) is 69.1 Å². The molecular formula is C8H16I2N2O. The van der Waals surface area contributed by atoms with Gasteiger partial charge in [0.2, 0.25) is 0 Å². The van der Waals surface area contributed by atoms with Crippen molar-refractivity contribution in [1.82, 2.24) is 9.80 Å². The van der Waals surface area contributed by atoms with Gasteiger partial charge in [0.25, 0.3) is 0 Å². The lowest BCUT2D eigenvalue weighted by molar-refractivity contribution is 0.0449. The van der Waals surface area contributed by atoms with Gasteiger partial charge in [0, 0.05) is 25.7 Å². The molecule has 0 aromatic carbocycles. The second-order valence-corrected chi connectivity index (χ2v) is 8.14. The van der Waals surface area contributed by atoms with Crippen LogP contribution < -0.4 is 0 Å². The van der Waals surface area contributed by atoms with Crippen LogP contribution in [0.25, 0.3) is 0 Å². The first kappa shape index (κ1) is 12.4. The fraction of sp³-hybridized carbons (Fsp3) is 1.00. The van der Waals surface area contributed by atoms with Gasteiger partial charge in [-0.2, -0.15) is 0 Å². The van der Waals surface area contributed by atoms with Crippen molar-refractivity contribution in [3.05, 3.63) is 0 Å². The summed E-state index contributed by atoms with van der Waals surface area (Å²) >= 11 is 4.57. The second-order valence-electron chi connectivity index (χ2n) is 3.49. The van der Waals surface area contributed by atoms with E-state index in [0.717, 1.165) is 19.7 Å². The Bertz CT molecular complexity index is 157. The molecule has 0 aliphatic carbocycles. The lowest BCUT2D eigenvalue weighted by Crippen LogP contribution is -2.51. The molecule has 1 aliphatic rings. The maximum absolute atomic E-state index is 5.61. The molecule has 1 fully saturated rings. The summed E-state index contributed by atoms with van der Waals surface area (Å²) in [6.45, 7) is 4.29. The Kier molecular flexibility index (Phi) is 5.77. The first-order valence-electron chi connectivity index (χ1n) is 4.38. The van der Waals surface area contributed by atoms with Crippen LogP contribution in [0.4, 0.5) is 0 Å². The van der Waals surface area contributed by atoms with Crippen molar-refractivity contribution in [3.8, 4) is 0 Å². The maximum Gasteiger partial charge on any atom is 0.159 e. The zero-order valence-corrected chi connectivity index (χ0v) is 12.4. The largest absolute Gasteiger partial charge is 0.356 e. The highest BCUT2D eigenvalue weighted by Crippen LogP contribution is 2.14. The van der Waals surface area contributed by atoms with Crippen LogP contribution in [0.1, 0.15) is 0 Å². The summed E-state index contributed by atoms with van der Waals surface area (Å²) in [6, 6.07) is 0.561. The minimum atomic E-state index is 0.288. The van der Waals surface area contributed by atoms with Crippen LogP contribution in [-0.4, -0.2) is 58.3 Å². The number of halogens is 2. The van der Waals surface area contributed by atoms with E-state index < -0.39 is 0 Å². The molecular weight excluding hydrogens is 394 g/mol. The summed E-state index contributed by atoms with van der Waals surface area (Å²) in [4.78, 5) is 4.75. The van der Waals surface area contributed by atoms with E-state index in [1.165, 1.54) is 6.54 Å². The Morgan fingerprint density at radius 2 is 2.08 bits per heavy atom. The van der Waals surface area contributed by atoms with Crippen LogP contribution >= 0.6 is 45.2 Å². The van der Waals surface area contributed by atoms with Crippen LogP contribution in [0, 0.1) is 0 Å². The van der Waals surface area contributed by atoms with E-state index in [9.17, 15) is 0 Å². The molecule has 1 saturated heterocycles. The van der Waals surface area contributed by atoms with Gasteiger partial charge in [-0.1, -0.05) is 0 Å². The van der Waals surface area contributed by atoms with Crippen molar-refractivity contribution in [2.75, 3.05) is 40.3 Å². The molecule has 3 nitrogen and oxygen atoms in total. The number of ether oxygens (including phenoxy) is 1. The van der Waals surface area contributed by atoms with Crippen LogP contribution in [0.3, 0.4) is 0 Å². The van der Waals surface area contributed by atoms with Crippen molar-refractivity contribution in [2.45, 2.75) is 8.16 Å². The molecule has 0 radical (unpaired) electrons. The minimum Gasteiger partial charge on any atom is -0.356 e. The molecule has 1 rings (SSSR count). The number of alkyl halides is 2. The standard InChI is InChI=1S/C8H16I2N2O/c1-11-3-4-12(2)7(5-11)6-13-8(9)10/h7-8H,3-6H2,1-2H3. The molecule has 0 aromatic heterocycles. The lowest BCUT2D eigenvalue weighted by atomic mass is 10.2. The van der Waals surface area contributed by atoms with E-state index in [-0.39, 0.29) is 2.12 Å². The highest BCUT2D eigenvalue weighted by molar-refractivity contribution is 14.2. The number of hydrogen-bond donors (Lipinski definition) is 0. The molecule has 0 saturated carbocycles. The van der Waals surface area contributed by atoms with Crippen LogP contribution in [-0.2, 0) is 4.74 Å². The zero-order valence-electron chi connectivity index (χ0n) is 8.04. The average Bonchev–Trinajstić information content (AvgIpc) is 2.06. The Balaban J connectivity index is 2.29. The molecule has 0 N–H and O–H groups in total. The lowest BCUT2D eigenvalue weighted by Gasteiger charge is -2.37. The van der Waals surface area contributed by atoms with Gasteiger partial charge in [-0.05, 0) is 59.3 Å². The average molecular weight is 410 g/mol. The van der Waals surface area contributed by atoms with Crippen molar-refractivity contribution in [1.29, 1.82) is 0 Å². The summed E-state index contributed by atoms with van der Waals surface area (Å²) in [5.41, 5.74) is 0. The molecule has 78 valence electrons.